The fourth-order valence-corrected chi connectivity index (χ4v) is 5.80. The number of hydrogen-bond acceptors (Lipinski definition) is 5. The molecule has 3 aromatic heterocycles. The molecule has 3 aromatic rings. The molecule has 5 heterocycles. The van der Waals surface area contributed by atoms with Gasteiger partial charge in [0.1, 0.15) is 11.4 Å². The third-order valence-corrected chi connectivity index (χ3v) is 8.11. The van der Waals surface area contributed by atoms with E-state index in [9.17, 15) is 4.79 Å². The average Bonchev–Trinajstić information content (AvgIpc) is 3.44. The molecule has 2 bridgehead atoms. The third-order valence-electron chi connectivity index (χ3n) is 8.11. The molecule has 5 fully saturated rings. The monoisotopic (exact) mass is 447 g/mol. The Morgan fingerprint density at radius 1 is 1.21 bits per heavy atom. The molecule has 3 saturated carbocycles. The van der Waals surface area contributed by atoms with Crippen molar-refractivity contribution < 1.29 is 14.3 Å². The number of nitrogens with one attached hydrogen (secondary N) is 1. The van der Waals surface area contributed by atoms with Gasteiger partial charge in [-0.15, -0.1) is 0 Å². The number of pyridine rings is 1. The Labute approximate surface area is 192 Å². The zero-order valence-electron chi connectivity index (χ0n) is 18.9. The number of hydrogen-bond donors (Lipinski definition) is 1. The lowest BCUT2D eigenvalue weighted by molar-refractivity contribution is 0.0154. The van der Waals surface area contributed by atoms with Crippen LogP contribution in [0.5, 0.6) is 5.75 Å². The highest BCUT2D eigenvalue weighted by molar-refractivity contribution is 6.05. The normalized spacial score (nSPS) is 28.9. The van der Waals surface area contributed by atoms with Crippen molar-refractivity contribution in [3.63, 3.8) is 0 Å². The number of rotatable bonds is 6. The van der Waals surface area contributed by atoms with E-state index in [0.717, 1.165) is 56.5 Å². The number of carbonyl (C=O) groups is 1. The van der Waals surface area contributed by atoms with Crippen LogP contribution in [0.2, 0.25) is 0 Å². The van der Waals surface area contributed by atoms with Gasteiger partial charge in [-0.1, -0.05) is 0 Å². The van der Waals surface area contributed by atoms with Crippen molar-refractivity contribution in [1.82, 2.24) is 19.2 Å². The van der Waals surface area contributed by atoms with Crippen molar-refractivity contribution in [3.05, 3.63) is 42.0 Å². The van der Waals surface area contributed by atoms with E-state index in [-0.39, 0.29) is 23.0 Å². The van der Waals surface area contributed by atoms with Crippen LogP contribution in [0, 0.1) is 0 Å². The molecular formula is C25H29N5O3. The van der Waals surface area contributed by atoms with Gasteiger partial charge in [-0.3, -0.25) is 9.48 Å². The maximum Gasteiger partial charge on any atom is 0.262 e. The van der Waals surface area contributed by atoms with Crippen LogP contribution in [-0.4, -0.2) is 43.4 Å². The third kappa shape index (κ3) is 3.10. The van der Waals surface area contributed by atoms with Crippen molar-refractivity contribution in [1.29, 1.82) is 0 Å². The Morgan fingerprint density at radius 2 is 2.03 bits per heavy atom. The van der Waals surface area contributed by atoms with E-state index in [1.54, 1.807) is 0 Å². The van der Waals surface area contributed by atoms with Crippen molar-refractivity contribution >= 4 is 17.4 Å². The highest BCUT2D eigenvalue weighted by Crippen LogP contribution is 2.58. The fourth-order valence-electron chi connectivity index (χ4n) is 5.80. The second-order valence-corrected chi connectivity index (χ2v) is 10.7. The number of nitrogens with zero attached hydrogens (tertiary/aromatic N) is 4. The smallest absolute Gasteiger partial charge is 0.262 e. The first-order valence-corrected chi connectivity index (χ1v) is 12.2. The summed E-state index contributed by atoms with van der Waals surface area (Å²) < 4.78 is 16.1. The van der Waals surface area contributed by atoms with Crippen LogP contribution < -0.4 is 10.1 Å². The Morgan fingerprint density at radius 3 is 2.70 bits per heavy atom. The van der Waals surface area contributed by atoms with Crippen molar-refractivity contribution in [2.24, 2.45) is 0 Å². The van der Waals surface area contributed by atoms with Gasteiger partial charge in [0.2, 0.25) is 0 Å². The lowest BCUT2D eigenvalue weighted by Crippen LogP contribution is -2.45. The van der Waals surface area contributed by atoms with Gasteiger partial charge >= 0.3 is 0 Å². The fraction of sp³-hybridized carbons (Fsp3) is 0.560. The molecule has 0 unspecified atom stereocenters. The minimum absolute atomic E-state index is 0.00221. The van der Waals surface area contributed by atoms with E-state index in [4.69, 9.17) is 14.5 Å². The molecule has 2 aliphatic heterocycles. The number of anilines is 1. The topological polar surface area (TPSA) is 82.7 Å². The van der Waals surface area contributed by atoms with E-state index >= 15 is 0 Å². The van der Waals surface area contributed by atoms with Crippen LogP contribution in [0.1, 0.15) is 80.4 Å². The number of amides is 1. The summed E-state index contributed by atoms with van der Waals surface area (Å²) in [4.78, 5) is 18.2. The van der Waals surface area contributed by atoms with Crippen molar-refractivity contribution in [2.75, 3.05) is 11.9 Å². The molecule has 0 spiro atoms. The van der Waals surface area contributed by atoms with Gasteiger partial charge in [-0.2, -0.15) is 5.10 Å². The van der Waals surface area contributed by atoms with Gasteiger partial charge in [0, 0.05) is 36.1 Å². The van der Waals surface area contributed by atoms with Crippen LogP contribution in [-0.2, 0) is 10.2 Å². The largest absolute Gasteiger partial charge is 0.489 e. The SMILES string of the molecule is CC12CC(c3cn4cc(C(=O)Nc5ccn(C6CCC6)n5)c(OC5CCC5)cc4n3)(CO1)C2. The van der Waals surface area contributed by atoms with Crippen LogP contribution in [0.25, 0.3) is 5.65 Å². The van der Waals surface area contributed by atoms with Crippen molar-refractivity contribution in [2.45, 2.75) is 81.5 Å². The maximum absolute atomic E-state index is 13.3. The molecule has 0 atom stereocenters. The molecule has 5 aliphatic rings. The van der Waals surface area contributed by atoms with Gasteiger partial charge < -0.3 is 19.2 Å². The molecule has 172 valence electrons. The number of aromatic nitrogens is 4. The predicted octanol–water partition coefficient (Wildman–Crippen LogP) is 4.26. The highest BCUT2D eigenvalue weighted by Gasteiger charge is 2.61. The molecule has 1 amide bonds. The molecule has 2 saturated heterocycles. The summed E-state index contributed by atoms with van der Waals surface area (Å²) in [6.07, 6.45) is 14.8. The summed E-state index contributed by atoms with van der Waals surface area (Å²) in [6.45, 7) is 2.89. The lowest BCUT2D eigenvalue weighted by atomic mass is 9.62. The summed E-state index contributed by atoms with van der Waals surface area (Å²) in [5, 5.41) is 7.54. The average molecular weight is 448 g/mol. The molecule has 8 rings (SSSR count). The zero-order valence-corrected chi connectivity index (χ0v) is 18.9. The van der Waals surface area contributed by atoms with Crippen LogP contribution in [0.3, 0.4) is 0 Å². The number of carbonyl (C=O) groups excluding carboxylic acids is 1. The molecule has 8 nitrogen and oxygen atoms in total. The molecule has 3 aliphatic carbocycles. The first-order valence-electron chi connectivity index (χ1n) is 12.2. The molecule has 33 heavy (non-hydrogen) atoms. The second kappa shape index (κ2) is 6.82. The Bertz CT molecular complexity index is 1250. The minimum Gasteiger partial charge on any atom is -0.489 e. The minimum atomic E-state index is -0.209. The van der Waals surface area contributed by atoms with E-state index in [1.165, 1.54) is 12.8 Å². The molecule has 1 N–H and O–H groups in total. The molecule has 0 aromatic carbocycles. The summed E-state index contributed by atoms with van der Waals surface area (Å²) in [5.41, 5.74) is 2.37. The predicted molar refractivity (Wildman–Crippen MR) is 122 cm³/mol. The first-order chi connectivity index (χ1) is 16.0. The van der Waals surface area contributed by atoms with E-state index in [0.29, 0.717) is 23.2 Å². The number of ether oxygens (including phenoxy) is 2. The summed E-state index contributed by atoms with van der Waals surface area (Å²) in [5.74, 6) is 0.960. The Hall–Kier alpha value is -2.87. The standard InChI is InChI=1S/C25H29N5O3/c1-24-13-25(14-24,15-32-24)20-12-29-11-18(19(10-22(29)26-20)33-17-6-3-7-17)23(31)27-21-8-9-30(28-21)16-4-2-5-16/h8-12,16-17H,2-7,13-15H2,1H3,(H,27,28,31). The van der Waals surface area contributed by atoms with Gasteiger partial charge in [-0.05, 0) is 58.3 Å². The Kier molecular flexibility index (Phi) is 4.05. The number of fused-ring (bicyclic) bond motifs is 2. The summed E-state index contributed by atoms with van der Waals surface area (Å²) in [7, 11) is 0. The van der Waals surface area contributed by atoms with Crippen LogP contribution >= 0.6 is 0 Å². The maximum atomic E-state index is 13.3. The lowest BCUT2D eigenvalue weighted by Gasteiger charge is -2.41. The van der Waals surface area contributed by atoms with E-state index in [1.807, 2.05) is 33.6 Å². The Balaban J connectivity index is 1.20. The van der Waals surface area contributed by atoms with Crippen molar-refractivity contribution in [3.8, 4) is 5.75 Å². The first kappa shape index (κ1) is 19.6. The zero-order chi connectivity index (χ0) is 22.2. The number of imidazole rings is 1. The van der Waals surface area contributed by atoms with Gasteiger partial charge in [0.05, 0.1) is 35.6 Å². The molecule has 0 radical (unpaired) electrons. The summed E-state index contributed by atoms with van der Waals surface area (Å²) in [6, 6.07) is 4.23. The second-order valence-electron chi connectivity index (χ2n) is 10.7. The molecule has 8 heteroatoms. The van der Waals surface area contributed by atoms with E-state index in [2.05, 4.69) is 23.5 Å². The highest BCUT2D eigenvalue weighted by atomic mass is 16.5. The van der Waals surface area contributed by atoms with Crippen LogP contribution in [0.4, 0.5) is 5.82 Å². The van der Waals surface area contributed by atoms with Gasteiger partial charge in [-0.25, -0.2) is 4.98 Å². The van der Waals surface area contributed by atoms with Crippen LogP contribution in [0.15, 0.2) is 30.7 Å². The van der Waals surface area contributed by atoms with Gasteiger partial charge in [0.15, 0.2) is 5.82 Å². The van der Waals surface area contributed by atoms with Gasteiger partial charge in [0.25, 0.3) is 5.91 Å². The molecular weight excluding hydrogens is 418 g/mol. The quantitative estimate of drug-likeness (QED) is 0.611. The summed E-state index contributed by atoms with van der Waals surface area (Å²) >= 11 is 0. The van der Waals surface area contributed by atoms with E-state index < -0.39 is 0 Å².